The van der Waals surface area contributed by atoms with Gasteiger partial charge in [0.1, 0.15) is 30.5 Å². The van der Waals surface area contributed by atoms with Crippen LogP contribution < -0.4 is 0 Å². The van der Waals surface area contributed by atoms with E-state index in [1.165, 1.54) is 19.3 Å². The summed E-state index contributed by atoms with van der Waals surface area (Å²) in [7, 11) is -5.07. The van der Waals surface area contributed by atoms with Crippen molar-refractivity contribution >= 4 is 16.4 Å². The molecule has 1 aliphatic rings. The molecule has 0 aromatic carbocycles. The largest absolute Gasteiger partial charge is 0.457 e. The molecule has 1 rings (SSSR count). The Balaban J connectivity index is 2.47. The first-order valence-corrected chi connectivity index (χ1v) is 22.9. The summed E-state index contributed by atoms with van der Waals surface area (Å²) in [6.07, 6.45) is 34.0. The van der Waals surface area contributed by atoms with Crippen LogP contribution in [-0.2, 0) is 38.3 Å². The molecule has 4 N–H and O–H groups in total. The first kappa shape index (κ1) is 52.8. The monoisotopic (exact) mass is 829 g/mol. The molecule has 0 aromatic heterocycles. The average molecular weight is 829 g/mol. The lowest BCUT2D eigenvalue weighted by Crippen LogP contribution is -2.60. The molecule has 0 aromatic rings. The Morgan fingerprint density at radius 2 is 1.21 bits per heavy atom. The second kappa shape index (κ2) is 35.7. The molecule has 57 heavy (non-hydrogen) atoms. The molecule has 0 spiro atoms. The van der Waals surface area contributed by atoms with Gasteiger partial charge >= 0.3 is 16.4 Å². The molecule has 12 nitrogen and oxygen atoms in total. The maximum atomic E-state index is 12.8. The summed E-state index contributed by atoms with van der Waals surface area (Å²) in [6, 6.07) is 0. The van der Waals surface area contributed by atoms with Crippen LogP contribution in [0.4, 0.5) is 0 Å². The highest BCUT2D eigenvalue weighted by Crippen LogP contribution is 2.26. The fraction of sp³-hybridized carbons (Fsp3) is 0.750. The maximum Gasteiger partial charge on any atom is 0.397 e. The van der Waals surface area contributed by atoms with Crippen LogP contribution in [-0.4, -0.2) is 97.5 Å². The summed E-state index contributed by atoms with van der Waals surface area (Å²) in [5.74, 6) is -0.420. The normalized spacial score (nSPS) is 21.3. The SMILES string of the molecule is CC/C=C\C/C=C\C/C=C\C/C=C\CCCCCCCOCC(COC1OC(CO)C(O)C(OS(=O)(=O)O)C1O)OC(=O)CCCCCCC/C=C\CCCCC. The minimum absolute atomic E-state index is 0.0172. The van der Waals surface area contributed by atoms with Crippen LogP contribution in [0.5, 0.6) is 0 Å². The molecule has 6 atom stereocenters. The topological polar surface area (TPSA) is 178 Å². The molecule has 0 aliphatic carbocycles. The van der Waals surface area contributed by atoms with Crippen LogP contribution in [0.3, 0.4) is 0 Å². The number of ether oxygens (including phenoxy) is 4. The number of rotatable bonds is 36. The van der Waals surface area contributed by atoms with Gasteiger partial charge in [-0.05, 0) is 77.0 Å². The number of hydrogen-bond acceptors (Lipinski definition) is 11. The van der Waals surface area contributed by atoms with E-state index in [0.717, 1.165) is 103 Å². The predicted molar refractivity (Wildman–Crippen MR) is 225 cm³/mol. The number of unbranched alkanes of at least 4 members (excludes halogenated alkanes) is 13. The minimum Gasteiger partial charge on any atom is -0.457 e. The van der Waals surface area contributed by atoms with Crippen LogP contribution in [0.2, 0.25) is 0 Å². The molecule has 1 heterocycles. The number of aliphatic hydroxyl groups is 3. The third-order valence-corrected chi connectivity index (χ3v) is 9.84. The molecule has 0 bridgehead atoms. The number of carbonyl (C=O) groups excluding carboxylic acids is 1. The quantitative estimate of drug-likeness (QED) is 0.0205. The van der Waals surface area contributed by atoms with Crippen molar-refractivity contribution in [3.05, 3.63) is 60.8 Å². The van der Waals surface area contributed by atoms with E-state index >= 15 is 0 Å². The van der Waals surface area contributed by atoms with Gasteiger partial charge in [0.05, 0.1) is 19.8 Å². The van der Waals surface area contributed by atoms with Crippen LogP contribution in [0.25, 0.3) is 0 Å². The molecular formula is C44H76O12S. The zero-order valence-corrected chi connectivity index (χ0v) is 35.7. The van der Waals surface area contributed by atoms with E-state index in [1.807, 2.05) is 0 Å². The third kappa shape index (κ3) is 29.6. The van der Waals surface area contributed by atoms with Gasteiger partial charge in [-0.2, -0.15) is 8.42 Å². The van der Waals surface area contributed by atoms with Crippen molar-refractivity contribution in [1.29, 1.82) is 0 Å². The van der Waals surface area contributed by atoms with Crippen molar-refractivity contribution in [2.24, 2.45) is 0 Å². The van der Waals surface area contributed by atoms with Crippen LogP contribution >= 0.6 is 0 Å². The summed E-state index contributed by atoms with van der Waals surface area (Å²) in [6.45, 7) is 3.77. The van der Waals surface area contributed by atoms with Gasteiger partial charge in [-0.1, -0.05) is 126 Å². The zero-order chi connectivity index (χ0) is 41.8. The number of hydrogen-bond donors (Lipinski definition) is 4. The van der Waals surface area contributed by atoms with Crippen molar-refractivity contribution in [2.45, 2.75) is 185 Å². The summed E-state index contributed by atoms with van der Waals surface area (Å²) >= 11 is 0. The summed E-state index contributed by atoms with van der Waals surface area (Å²) in [4.78, 5) is 12.8. The fourth-order valence-electron chi connectivity index (χ4n) is 6.13. The number of esters is 1. The standard InChI is InChI=1S/C44H76O12S/c1-3-5-7-9-11-13-15-17-18-19-20-21-22-24-26-28-30-32-34-52-36-38(54-40(46)33-31-29-27-25-23-16-14-12-10-8-6-4-2)37-53-44-42(48)43(56-57(49,50)51)41(47)39(35-45)55-44/h5,7,11-14,17-18,20-21,38-39,41-45,47-48H,3-4,6,8-10,15-16,19,22-37H2,1-2H3,(H,49,50,51)/b7-5-,13-11-,14-12-,18-17-,21-20-. The Morgan fingerprint density at radius 1 is 0.684 bits per heavy atom. The van der Waals surface area contributed by atoms with Crippen molar-refractivity contribution in [3.63, 3.8) is 0 Å². The van der Waals surface area contributed by atoms with E-state index in [2.05, 4.69) is 78.8 Å². The molecule has 0 amide bonds. The molecule has 1 fully saturated rings. The summed E-state index contributed by atoms with van der Waals surface area (Å²) in [5.41, 5.74) is 0. The van der Waals surface area contributed by atoms with Crippen molar-refractivity contribution < 1.29 is 56.2 Å². The molecule has 13 heteroatoms. The minimum atomic E-state index is -5.07. The zero-order valence-electron chi connectivity index (χ0n) is 34.9. The van der Waals surface area contributed by atoms with E-state index in [4.69, 9.17) is 23.5 Å². The predicted octanol–water partition coefficient (Wildman–Crippen LogP) is 8.57. The number of carbonyl (C=O) groups is 1. The second-order valence-corrected chi connectivity index (χ2v) is 15.6. The maximum absolute atomic E-state index is 12.8. The van der Waals surface area contributed by atoms with Gasteiger partial charge in [-0.15, -0.1) is 0 Å². The Kier molecular flexibility index (Phi) is 33.1. The first-order valence-electron chi connectivity index (χ1n) is 21.5. The van der Waals surface area contributed by atoms with Gasteiger partial charge < -0.3 is 34.3 Å². The van der Waals surface area contributed by atoms with Gasteiger partial charge in [0.2, 0.25) is 0 Å². The van der Waals surface area contributed by atoms with Gasteiger partial charge in [0.25, 0.3) is 0 Å². The Labute approximate surface area is 344 Å². The second-order valence-electron chi connectivity index (χ2n) is 14.5. The third-order valence-electron chi connectivity index (χ3n) is 9.37. The first-order chi connectivity index (χ1) is 27.6. The van der Waals surface area contributed by atoms with E-state index in [-0.39, 0.29) is 19.6 Å². The molecule has 1 saturated heterocycles. The van der Waals surface area contributed by atoms with Gasteiger partial charge in [0.15, 0.2) is 6.29 Å². The molecule has 0 saturated carbocycles. The fourth-order valence-corrected chi connectivity index (χ4v) is 6.64. The molecular weight excluding hydrogens is 753 g/mol. The molecule has 0 radical (unpaired) electrons. The number of aliphatic hydroxyl groups excluding tert-OH is 3. The van der Waals surface area contributed by atoms with Crippen LogP contribution in [0, 0.1) is 0 Å². The average Bonchev–Trinajstić information content (AvgIpc) is 3.18. The Bertz CT molecular complexity index is 1230. The van der Waals surface area contributed by atoms with Gasteiger partial charge in [-0.25, -0.2) is 4.18 Å². The van der Waals surface area contributed by atoms with E-state index in [9.17, 15) is 28.5 Å². The van der Waals surface area contributed by atoms with Crippen molar-refractivity contribution in [1.82, 2.24) is 0 Å². The summed E-state index contributed by atoms with van der Waals surface area (Å²) in [5, 5.41) is 30.6. The van der Waals surface area contributed by atoms with E-state index < -0.39 is 59.8 Å². The molecule has 1 aliphatic heterocycles. The van der Waals surface area contributed by atoms with Gasteiger partial charge in [-0.3, -0.25) is 9.35 Å². The Hall–Kier alpha value is -2.20. The molecule has 6 unspecified atom stereocenters. The highest BCUT2D eigenvalue weighted by molar-refractivity contribution is 7.80. The Morgan fingerprint density at radius 3 is 1.79 bits per heavy atom. The lowest BCUT2D eigenvalue weighted by atomic mass is 9.99. The van der Waals surface area contributed by atoms with Crippen LogP contribution in [0.1, 0.15) is 149 Å². The highest BCUT2D eigenvalue weighted by atomic mass is 32.3. The smallest absolute Gasteiger partial charge is 0.397 e. The van der Waals surface area contributed by atoms with Crippen molar-refractivity contribution in [3.8, 4) is 0 Å². The van der Waals surface area contributed by atoms with E-state index in [1.54, 1.807) is 0 Å². The van der Waals surface area contributed by atoms with Gasteiger partial charge in [0, 0.05) is 13.0 Å². The molecule has 330 valence electrons. The lowest BCUT2D eigenvalue weighted by molar-refractivity contribution is -0.301. The van der Waals surface area contributed by atoms with E-state index in [0.29, 0.717) is 13.0 Å². The highest BCUT2D eigenvalue weighted by Gasteiger charge is 2.48. The van der Waals surface area contributed by atoms with Crippen LogP contribution in [0.15, 0.2) is 60.8 Å². The number of allylic oxidation sites excluding steroid dienone is 10. The summed E-state index contributed by atoms with van der Waals surface area (Å²) < 4.78 is 58.9. The lowest BCUT2D eigenvalue weighted by Gasteiger charge is -2.41. The van der Waals surface area contributed by atoms with Crippen molar-refractivity contribution in [2.75, 3.05) is 26.4 Å².